The Morgan fingerprint density at radius 3 is 2.54 bits per heavy atom. The quantitative estimate of drug-likeness (QED) is 0.845. The van der Waals surface area contributed by atoms with Crippen molar-refractivity contribution in [1.29, 1.82) is 0 Å². The van der Waals surface area contributed by atoms with Crippen molar-refractivity contribution in [1.82, 2.24) is 15.3 Å². The molecular weight excluding hydrogens is 324 g/mol. The van der Waals surface area contributed by atoms with Crippen molar-refractivity contribution in [2.24, 2.45) is 0 Å². The van der Waals surface area contributed by atoms with Gasteiger partial charge in [-0.3, -0.25) is 4.79 Å². The predicted octanol–water partition coefficient (Wildman–Crippen LogP) is 4.58. The first-order valence-electron chi connectivity index (χ1n) is 9.44. The maximum Gasteiger partial charge on any atom is 0.270 e. The lowest BCUT2D eigenvalue weighted by atomic mass is 9.86. The van der Waals surface area contributed by atoms with Gasteiger partial charge in [-0.05, 0) is 36.0 Å². The van der Waals surface area contributed by atoms with Gasteiger partial charge in [0.25, 0.3) is 5.91 Å². The molecule has 0 saturated heterocycles. The van der Waals surface area contributed by atoms with Crippen molar-refractivity contribution in [2.45, 2.75) is 64.3 Å². The van der Waals surface area contributed by atoms with Gasteiger partial charge in [-0.25, -0.2) is 9.97 Å². The summed E-state index contributed by atoms with van der Waals surface area (Å²) >= 11 is 0. The highest BCUT2D eigenvalue weighted by Crippen LogP contribution is 2.30. The number of aromatic nitrogens is 2. The highest BCUT2D eigenvalue weighted by molar-refractivity contribution is 5.92. The molecule has 1 heterocycles. The van der Waals surface area contributed by atoms with Crippen LogP contribution in [-0.2, 0) is 5.41 Å². The molecule has 2 aromatic rings. The van der Waals surface area contributed by atoms with Crippen LogP contribution in [0.15, 0.2) is 36.5 Å². The molecule has 0 atom stereocenters. The number of amides is 1. The molecule has 1 aromatic carbocycles. The third kappa shape index (κ3) is 4.59. The van der Waals surface area contributed by atoms with Crippen LogP contribution in [0.25, 0.3) is 0 Å². The molecule has 0 unspecified atom stereocenters. The summed E-state index contributed by atoms with van der Waals surface area (Å²) < 4.78 is 0. The number of carbonyl (C=O) groups excluding carboxylic acids is 1. The van der Waals surface area contributed by atoms with Crippen molar-refractivity contribution >= 4 is 17.5 Å². The standard InChI is InChI=1S/C21H28N4O/c1-21(2,3)16-11-7-8-12-17(16)24-20-22-14-13-18(25-20)19(26)23-15-9-5-4-6-10-15/h7-8,11-15H,4-6,9-10H2,1-3H3,(H,23,26)(H,22,24,25). The minimum Gasteiger partial charge on any atom is -0.348 e. The number of hydrogen-bond donors (Lipinski definition) is 2. The van der Waals surface area contributed by atoms with E-state index in [9.17, 15) is 4.79 Å². The largest absolute Gasteiger partial charge is 0.348 e. The molecule has 0 spiro atoms. The van der Waals surface area contributed by atoms with Crippen LogP contribution in [0.5, 0.6) is 0 Å². The van der Waals surface area contributed by atoms with E-state index in [2.05, 4.69) is 47.4 Å². The summed E-state index contributed by atoms with van der Waals surface area (Å²) in [7, 11) is 0. The Kier molecular flexibility index (Phi) is 5.55. The van der Waals surface area contributed by atoms with Gasteiger partial charge in [0.2, 0.25) is 5.95 Å². The van der Waals surface area contributed by atoms with Gasteiger partial charge in [0.05, 0.1) is 0 Å². The van der Waals surface area contributed by atoms with E-state index >= 15 is 0 Å². The van der Waals surface area contributed by atoms with Gasteiger partial charge in [0.15, 0.2) is 0 Å². The Balaban J connectivity index is 1.75. The lowest BCUT2D eigenvalue weighted by Gasteiger charge is -2.23. The number of anilines is 2. The molecule has 5 nitrogen and oxygen atoms in total. The number of nitrogens with one attached hydrogen (secondary N) is 2. The molecule has 0 bridgehead atoms. The first-order chi connectivity index (χ1) is 12.4. The molecule has 1 aromatic heterocycles. The molecule has 26 heavy (non-hydrogen) atoms. The van der Waals surface area contributed by atoms with Crippen molar-refractivity contribution in [3.63, 3.8) is 0 Å². The number of hydrogen-bond acceptors (Lipinski definition) is 4. The van der Waals surface area contributed by atoms with Crippen molar-refractivity contribution in [3.8, 4) is 0 Å². The van der Waals surface area contributed by atoms with Crippen molar-refractivity contribution in [2.75, 3.05) is 5.32 Å². The van der Waals surface area contributed by atoms with Gasteiger partial charge >= 0.3 is 0 Å². The maximum absolute atomic E-state index is 12.5. The molecular formula is C21H28N4O. The Labute approximate surface area is 155 Å². The summed E-state index contributed by atoms with van der Waals surface area (Å²) in [6.07, 6.45) is 7.38. The van der Waals surface area contributed by atoms with Crippen LogP contribution in [0.4, 0.5) is 11.6 Å². The zero-order chi connectivity index (χ0) is 18.6. The topological polar surface area (TPSA) is 66.9 Å². The van der Waals surface area contributed by atoms with E-state index in [1.54, 1.807) is 12.3 Å². The van der Waals surface area contributed by atoms with E-state index in [0.29, 0.717) is 11.6 Å². The highest BCUT2D eigenvalue weighted by Gasteiger charge is 2.19. The van der Waals surface area contributed by atoms with Crippen LogP contribution in [0.1, 0.15) is 68.9 Å². The summed E-state index contributed by atoms with van der Waals surface area (Å²) in [6, 6.07) is 10.1. The summed E-state index contributed by atoms with van der Waals surface area (Å²) in [5.74, 6) is 0.324. The van der Waals surface area contributed by atoms with Crippen LogP contribution < -0.4 is 10.6 Å². The summed E-state index contributed by atoms with van der Waals surface area (Å²) in [4.78, 5) is 21.2. The average molecular weight is 352 g/mol. The Morgan fingerprint density at radius 2 is 1.81 bits per heavy atom. The Bertz CT molecular complexity index is 761. The first-order valence-corrected chi connectivity index (χ1v) is 9.44. The predicted molar refractivity (Wildman–Crippen MR) is 105 cm³/mol. The van der Waals surface area contributed by atoms with Crippen LogP contribution in [0, 0.1) is 0 Å². The monoisotopic (exact) mass is 352 g/mol. The molecule has 0 aliphatic heterocycles. The minimum absolute atomic E-state index is 0.000436. The number of benzene rings is 1. The molecule has 0 radical (unpaired) electrons. The minimum atomic E-state index is -0.119. The fraction of sp³-hybridized carbons (Fsp3) is 0.476. The maximum atomic E-state index is 12.5. The molecule has 1 amide bonds. The van der Waals surface area contributed by atoms with Crippen molar-refractivity contribution in [3.05, 3.63) is 47.8 Å². The van der Waals surface area contributed by atoms with Crippen LogP contribution in [0.2, 0.25) is 0 Å². The van der Waals surface area contributed by atoms with Gasteiger partial charge in [-0.1, -0.05) is 58.2 Å². The molecule has 2 N–H and O–H groups in total. The lowest BCUT2D eigenvalue weighted by molar-refractivity contribution is 0.0922. The van der Waals surface area contributed by atoms with E-state index < -0.39 is 0 Å². The number of rotatable bonds is 4. The zero-order valence-electron chi connectivity index (χ0n) is 15.9. The third-order valence-electron chi connectivity index (χ3n) is 4.81. The number of nitrogens with zero attached hydrogens (tertiary/aromatic N) is 2. The molecule has 3 rings (SSSR count). The normalized spacial score (nSPS) is 15.5. The molecule has 5 heteroatoms. The van der Waals surface area contributed by atoms with Crippen LogP contribution >= 0.6 is 0 Å². The van der Waals surface area contributed by atoms with Gasteiger partial charge < -0.3 is 10.6 Å². The van der Waals surface area contributed by atoms with Crippen molar-refractivity contribution < 1.29 is 4.79 Å². The fourth-order valence-electron chi connectivity index (χ4n) is 3.42. The first kappa shape index (κ1) is 18.4. The van der Waals surface area contributed by atoms with E-state index in [1.165, 1.54) is 24.8 Å². The van der Waals surface area contributed by atoms with Crippen LogP contribution in [0.3, 0.4) is 0 Å². The number of carbonyl (C=O) groups is 1. The van der Waals surface area contributed by atoms with Gasteiger partial charge in [0.1, 0.15) is 5.69 Å². The SMILES string of the molecule is CC(C)(C)c1ccccc1Nc1nccc(C(=O)NC2CCCCC2)n1. The molecule has 1 aliphatic carbocycles. The van der Waals surface area contributed by atoms with Gasteiger partial charge in [0, 0.05) is 17.9 Å². The summed E-state index contributed by atoms with van der Waals surface area (Å²) in [5.41, 5.74) is 2.55. The molecule has 1 aliphatic rings. The highest BCUT2D eigenvalue weighted by atomic mass is 16.1. The average Bonchev–Trinajstić information content (AvgIpc) is 2.62. The Hall–Kier alpha value is -2.43. The van der Waals surface area contributed by atoms with Gasteiger partial charge in [-0.15, -0.1) is 0 Å². The lowest BCUT2D eigenvalue weighted by Crippen LogP contribution is -2.36. The summed E-state index contributed by atoms with van der Waals surface area (Å²) in [5, 5.41) is 6.38. The van der Waals surface area contributed by atoms with Gasteiger partial charge in [-0.2, -0.15) is 0 Å². The second kappa shape index (κ2) is 7.85. The molecule has 1 fully saturated rings. The van der Waals surface area contributed by atoms with E-state index in [0.717, 1.165) is 18.5 Å². The second-order valence-corrected chi connectivity index (χ2v) is 7.99. The van der Waals surface area contributed by atoms with E-state index in [4.69, 9.17) is 0 Å². The molecule has 1 saturated carbocycles. The Morgan fingerprint density at radius 1 is 1.08 bits per heavy atom. The number of para-hydroxylation sites is 1. The van der Waals surface area contributed by atoms with E-state index in [1.807, 2.05) is 18.2 Å². The molecule has 138 valence electrons. The van der Waals surface area contributed by atoms with E-state index in [-0.39, 0.29) is 17.4 Å². The zero-order valence-corrected chi connectivity index (χ0v) is 15.9. The fourth-order valence-corrected chi connectivity index (χ4v) is 3.42. The van der Waals surface area contributed by atoms with Crippen LogP contribution in [-0.4, -0.2) is 21.9 Å². The second-order valence-electron chi connectivity index (χ2n) is 7.99. The third-order valence-corrected chi connectivity index (χ3v) is 4.81. The summed E-state index contributed by atoms with van der Waals surface area (Å²) in [6.45, 7) is 6.51. The smallest absolute Gasteiger partial charge is 0.270 e.